The first kappa shape index (κ1) is 10.2. The molecule has 13 heavy (non-hydrogen) atoms. The van der Waals surface area contributed by atoms with Gasteiger partial charge in [0.05, 0.1) is 12.5 Å². The number of methoxy groups -OCH3 is 1. The second-order valence-electron chi connectivity index (χ2n) is 2.37. The zero-order valence-electron chi connectivity index (χ0n) is 6.55. The number of ether oxygens (including phenoxy) is 1. The molecule has 1 aliphatic rings. The van der Waals surface area contributed by atoms with Crippen LogP contribution in [0.25, 0.3) is 0 Å². The van der Waals surface area contributed by atoms with Crippen LogP contribution in [0.2, 0.25) is 0 Å². The maximum Gasteiger partial charge on any atom is 0.350 e. The van der Waals surface area contributed by atoms with Crippen molar-refractivity contribution >= 4 is 25.6 Å². The van der Waals surface area contributed by atoms with E-state index in [9.17, 15) is 21.6 Å². The molecule has 74 valence electrons. The molecule has 0 spiro atoms. The Labute approximate surface area is 75.0 Å². The molecule has 8 heteroatoms. The van der Waals surface area contributed by atoms with Gasteiger partial charge >= 0.3 is 5.97 Å². The molecule has 0 saturated carbocycles. The van der Waals surface area contributed by atoms with Crippen molar-refractivity contribution < 1.29 is 26.4 Å². The molecular formula is C5H6O6S2. The lowest BCUT2D eigenvalue weighted by atomic mass is 10.6. The molecule has 0 radical (unpaired) electrons. The molecule has 1 rings (SSSR count). The first-order valence-electron chi connectivity index (χ1n) is 3.04. The van der Waals surface area contributed by atoms with Crippen molar-refractivity contribution in [3.05, 3.63) is 10.3 Å². The summed E-state index contributed by atoms with van der Waals surface area (Å²) in [5.41, 5.74) is 0. The predicted octanol–water partition coefficient (Wildman–Crippen LogP) is -1.20. The molecule has 1 aliphatic heterocycles. The van der Waals surface area contributed by atoms with Crippen LogP contribution in [0, 0.1) is 0 Å². The van der Waals surface area contributed by atoms with Gasteiger partial charge in [-0.1, -0.05) is 0 Å². The average Bonchev–Trinajstić information content (AvgIpc) is 2.17. The van der Waals surface area contributed by atoms with Crippen molar-refractivity contribution in [1.29, 1.82) is 0 Å². The highest BCUT2D eigenvalue weighted by atomic mass is 32.3. The number of hydrogen-bond donors (Lipinski definition) is 0. The van der Waals surface area contributed by atoms with Crippen LogP contribution in [-0.4, -0.2) is 35.0 Å². The van der Waals surface area contributed by atoms with Crippen LogP contribution in [0.5, 0.6) is 0 Å². The van der Waals surface area contributed by atoms with E-state index >= 15 is 0 Å². The summed E-state index contributed by atoms with van der Waals surface area (Å²) >= 11 is 0. The summed E-state index contributed by atoms with van der Waals surface area (Å²) in [6, 6.07) is 0. The molecule has 0 atom stereocenters. The van der Waals surface area contributed by atoms with Gasteiger partial charge < -0.3 is 4.74 Å². The first-order valence-corrected chi connectivity index (χ1v) is 6.41. The second kappa shape index (κ2) is 2.81. The van der Waals surface area contributed by atoms with Crippen LogP contribution in [0.3, 0.4) is 0 Å². The topological polar surface area (TPSA) is 94.6 Å². The zero-order valence-corrected chi connectivity index (χ0v) is 8.18. The molecule has 0 bridgehead atoms. The quantitative estimate of drug-likeness (QED) is 0.521. The summed E-state index contributed by atoms with van der Waals surface area (Å²) in [5, 5.41) is -0.626. The van der Waals surface area contributed by atoms with Crippen molar-refractivity contribution in [2.45, 2.75) is 0 Å². The molecule has 1 heterocycles. The van der Waals surface area contributed by atoms with Crippen molar-refractivity contribution in [2.24, 2.45) is 0 Å². The molecule has 6 nitrogen and oxygen atoms in total. The number of sulfone groups is 2. The van der Waals surface area contributed by atoms with E-state index < -0.39 is 35.6 Å². The smallest absolute Gasteiger partial charge is 0.350 e. The average molecular weight is 226 g/mol. The van der Waals surface area contributed by atoms with Gasteiger partial charge in [-0.3, -0.25) is 0 Å². The Bertz CT molecular complexity index is 465. The maximum absolute atomic E-state index is 11.0. The van der Waals surface area contributed by atoms with Gasteiger partial charge in [-0.25, -0.2) is 21.6 Å². The van der Waals surface area contributed by atoms with Crippen LogP contribution >= 0.6 is 0 Å². The van der Waals surface area contributed by atoms with Crippen molar-refractivity contribution in [3.63, 3.8) is 0 Å². The first-order chi connectivity index (χ1) is 5.78. The molecule has 0 N–H and O–H groups in total. The van der Waals surface area contributed by atoms with Gasteiger partial charge in [0.15, 0.2) is 19.8 Å². The molecular weight excluding hydrogens is 220 g/mol. The fraction of sp³-hybridized carbons (Fsp3) is 0.400. The maximum atomic E-state index is 11.0. The van der Waals surface area contributed by atoms with Crippen LogP contribution in [0.4, 0.5) is 0 Å². The minimum Gasteiger partial charge on any atom is -0.465 e. The molecule has 0 aliphatic carbocycles. The largest absolute Gasteiger partial charge is 0.465 e. The molecule has 0 saturated heterocycles. The Hall–Kier alpha value is -0.890. The summed E-state index contributed by atoms with van der Waals surface area (Å²) in [6.45, 7) is 0. The third kappa shape index (κ3) is 1.89. The van der Waals surface area contributed by atoms with Crippen LogP contribution in [0.15, 0.2) is 10.3 Å². The van der Waals surface area contributed by atoms with Gasteiger partial charge in [0, 0.05) is 0 Å². The Morgan fingerprint density at radius 3 is 2.23 bits per heavy atom. The van der Waals surface area contributed by atoms with Gasteiger partial charge in [-0.2, -0.15) is 0 Å². The minimum absolute atomic E-state index is 0.425. The van der Waals surface area contributed by atoms with E-state index in [0.717, 1.165) is 7.11 Å². The standard InChI is InChI=1S/C5H6O6S2/c1-11-5(6)4-2-12(7,8)3-13(4,9)10/h2H,3H2,1H3. The summed E-state index contributed by atoms with van der Waals surface area (Å²) in [7, 11) is -6.84. The normalized spacial score (nSPS) is 23.6. The van der Waals surface area contributed by atoms with E-state index in [4.69, 9.17) is 0 Å². The third-order valence-corrected chi connectivity index (χ3v) is 5.58. The van der Waals surface area contributed by atoms with E-state index in [1.54, 1.807) is 0 Å². The van der Waals surface area contributed by atoms with Gasteiger partial charge in [0.2, 0.25) is 9.84 Å². The minimum atomic E-state index is -4.01. The SMILES string of the molecule is COC(=O)C1=CS(=O)(=O)CS1(=O)=O. The highest BCUT2D eigenvalue weighted by Gasteiger charge is 2.38. The van der Waals surface area contributed by atoms with Gasteiger partial charge in [0.25, 0.3) is 0 Å². The molecule has 0 aromatic carbocycles. The van der Waals surface area contributed by atoms with E-state index in [1.807, 2.05) is 0 Å². The van der Waals surface area contributed by atoms with E-state index in [1.165, 1.54) is 0 Å². The van der Waals surface area contributed by atoms with E-state index in [0.29, 0.717) is 5.41 Å². The lowest BCUT2D eigenvalue weighted by Crippen LogP contribution is -2.13. The van der Waals surface area contributed by atoms with Crippen LogP contribution in [-0.2, 0) is 29.2 Å². The second-order valence-corrected chi connectivity index (χ2v) is 6.54. The number of esters is 1. The molecule has 0 fully saturated rings. The van der Waals surface area contributed by atoms with E-state index in [2.05, 4.69) is 4.74 Å². The lowest BCUT2D eigenvalue weighted by Gasteiger charge is -1.96. The number of carbonyl (C=O) groups excluding carboxylic acids is 1. The Balaban J connectivity index is 3.32. The summed E-state index contributed by atoms with van der Waals surface area (Å²) < 4.78 is 47.8. The highest BCUT2D eigenvalue weighted by molar-refractivity contribution is 8.14. The van der Waals surface area contributed by atoms with Crippen molar-refractivity contribution in [3.8, 4) is 0 Å². The number of carbonyl (C=O) groups is 1. The predicted molar refractivity (Wildman–Crippen MR) is 42.8 cm³/mol. The third-order valence-electron chi connectivity index (χ3n) is 1.33. The van der Waals surface area contributed by atoms with Crippen molar-refractivity contribution in [2.75, 3.05) is 12.2 Å². The highest BCUT2D eigenvalue weighted by Crippen LogP contribution is 2.21. The monoisotopic (exact) mass is 226 g/mol. The van der Waals surface area contributed by atoms with E-state index in [-0.39, 0.29) is 0 Å². The Morgan fingerprint density at radius 2 is 1.92 bits per heavy atom. The van der Waals surface area contributed by atoms with Gasteiger partial charge in [-0.15, -0.1) is 0 Å². The Morgan fingerprint density at radius 1 is 1.38 bits per heavy atom. The fourth-order valence-electron chi connectivity index (χ4n) is 0.826. The van der Waals surface area contributed by atoms with Crippen molar-refractivity contribution in [1.82, 2.24) is 0 Å². The molecule has 0 amide bonds. The lowest BCUT2D eigenvalue weighted by molar-refractivity contribution is -0.135. The summed E-state index contributed by atoms with van der Waals surface area (Å²) in [4.78, 5) is 9.99. The fourth-order valence-corrected chi connectivity index (χ4v) is 5.12. The number of hydrogen-bond acceptors (Lipinski definition) is 6. The molecule has 0 unspecified atom stereocenters. The molecule has 0 aromatic rings. The zero-order chi connectivity index (χ0) is 10.3. The summed E-state index contributed by atoms with van der Waals surface area (Å²) in [6.07, 6.45) is 0. The summed E-state index contributed by atoms with van der Waals surface area (Å²) in [5.74, 6) is -1.15. The Kier molecular flexibility index (Phi) is 2.20. The molecule has 0 aromatic heterocycles. The van der Waals surface area contributed by atoms with Gasteiger partial charge in [-0.05, 0) is 0 Å². The number of rotatable bonds is 1. The van der Waals surface area contributed by atoms with Crippen LogP contribution in [0.1, 0.15) is 0 Å². The van der Waals surface area contributed by atoms with Crippen LogP contribution < -0.4 is 0 Å². The van der Waals surface area contributed by atoms with Gasteiger partial charge in [0.1, 0.15) is 0 Å².